The molecule has 0 aliphatic carbocycles. The van der Waals surface area contributed by atoms with Crippen molar-refractivity contribution in [2.75, 3.05) is 31.7 Å². The van der Waals surface area contributed by atoms with Gasteiger partial charge in [-0.25, -0.2) is 0 Å². The van der Waals surface area contributed by atoms with E-state index in [9.17, 15) is 4.79 Å². The van der Waals surface area contributed by atoms with Gasteiger partial charge in [-0.1, -0.05) is 20.3 Å². The Bertz CT molecular complexity index is 462. The highest BCUT2D eigenvalue weighted by Crippen LogP contribution is 2.34. The minimum atomic E-state index is 0.00168. The first-order valence-electron chi connectivity index (χ1n) is 7.14. The number of hydrogen-bond donors (Lipinski definition) is 1. The molecule has 0 fully saturated rings. The monoisotopic (exact) mass is 278 g/mol. The fraction of sp³-hybridized carbons (Fsp3) is 0.533. The van der Waals surface area contributed by atoms with Gasteiger partial charge in [0.25, 0.3) is 0 Å². The molecule has 1 N–H and O–H groups in total. The molecule has 1 aliphatic rings. The maximum atomic E-state index is 12.0. The lowest BCUT2D eigenvalue weighted by molar-refractivity contribution is -0.117. The minimum absolute atomic E-state index is 0.00168. The molecule has 0 bridgehead atoms. The number of likely N-dealkylation sites (N-methyl/N-ethyl adjacent to an activating group) is 1. The Balaban J connectivity index is 1.87. The van der Waals surface area contributed by atoms with Crippen LogP contribution in [0.5, 0.6) is 11.5 Å². The van der Waals surface area contributed by atoms with Crippen molar-refractivity contribution >= 4 is 11.6 Å². The molecule has 1 aromatic rings. The lowest BCUT2D eigenvalue weighted by Crippen LogP contribution is -2.33. The van der Waals surface area contributed by atoms with Crippen LogP contribution in [0.25, 0.3) is 0 Å². The van der Waals surface area contributed by atoms with Gasteiger partial charge in [0.1, 0.15) is 0 Å². The molecule has 2 rings (SSSR count). The molecule has 0 aromatic heterocycles. The second-order valence-electron chi connectivity index (χ2n) is 4.84. The zero-order valence-corrected chi connectivity index (χ0v) is 12.1. The van der Waals surface area contributed by atoms with Crippen LogP contribution in [-0.4, -0.2) is 37.2 Å². The number of carbonyl (C=O) groups excluding carboxylic acids is 1. The van der Waals surface area contributed by atoms with Crippen molar-refractivity contribution in [1.82, 2.24) is 4.90 Å². The Labute approximate surface area is 119 Å². The van der Waals surface area contributed by atoms with Crippen LogP contribution < -0.4 is 14.8 Å². The topological polar surface area (TPSA) is 50.8 Å². The standard InChI is InChI=1S/C15H22N2O3/c1-3-5-8-17(4-2)10-15(18)16-12-6-7-13-14(9-12)20-11-19-13/h6-7,9H,3-5,8,10-11H2,1-2H3,(H,16,18). The van der Waals surface area contributed by atoms with Crippen molar-refractivity contribution in [2.45, 2.75) is 26.7 Å². The van der Waals surface area contributed by atoms with Gasteiger partial charge >= 0.3 is 0 Å². The van der Waals surface area contributed by atoms with E-state index in [0.717, 1.165) is 37.4 Å². The van der Waals surface area contributed by atoms with Gasteiger partial charge in [-0.2, -0.15) is 0 Å². The average Bonchev–Trinajstić information content (AvgIpc) is 2.90. The molecule has 1 aliphatic heterocycles. The largest absolute Gasteiger partial charge is 0.454 e. The molecule has 0 radical (unpaired) electrons. The van der Waals surface area contributed by atoms with E-state index >= 15 is 0 Å². The molecule has 0 atom stereocenters. The van der Waals surface area contributed by atoms with Crippen LogP contribution in [0.2, 0.25) is 0 Å². The van der Waals surface area contributed by atoms with Crippen LogP contribution in [0.1, 0.15) is 26.7 Å². The minimum Gasteiger partial charge on any atom is -0.454 e. The summed E-state index contributed by atoms with van der Waals surface area (Å²) in [6, 6.07) is 5.43. The van der Waals surface area contributed by atoms with Gasteiger partial charge in [-0.15, -0.1) is 0 Å². The summed E-state index contributed by atoms with van der Waals surface area (Å²) in [5.41, 5.74) is 0.741. The zero-order chi connectivity index (χ0) is 14.4. The highest BCUT2D eigenvalue weighted by molar-refractivity contribution is 5.92. The molecule has 1 amide bonds. The number of fused-ring (bicyclic) bond motifs is 1. The number of carbonyl (C=O) groups is 1. The number of nitrogens with one attached hydrogen (secondary N) is 1. The van der Waals surface area contributed by atoms with Crippen molar-refractivity contribution < 1.29 is 14.3 Å². The molecule has 0 spiro atoms. The second kappa shape index (κ2) is 7.14. The highest BCUT2D eigenvalue weighted by Gasteiger charge is 2.15. The molecule has 1 heterocycles. The highest BCUT2D eigenvalue weighted by atomic mass is 16.7. The molecule has 1 aromatic carbocycles. The molecule has 0 saturated carbocycles. The van der Waals surface area contributed by atoms with Gasteiger partial charge < -0.3 is 14.8 Å². The predicted molar refractivity (Wildman–Crippen MR) is 78.2 cm³/mol. The quantitative estimate of drug-likeness (QED) is 0.832. The van der Waals surface area contributed by atoms with E-state index < -0.39 is 0 Å². The predicted octanol–water partition coefficient (Wildman–Crippen LogP) is 2.48. The van der Waals surface area contributed by atoms with Gasteiger partial charge in [0.05, 0.1) is 6.54 Å². The number of benzene rings is 1. The van der Waals surface area contributed by atoms with E-state index in [-0.39, 0.29) is 12.7 Å². The van der Waals surface area contributed by atoms with Crippen LogP contribution in [0.15, 0.2) is 18.2 Å². The zero-order valence-electron chi connectivity index (χ0n) is 12.1. The number of amides is 1. The third-order valence-corrected chi connectivity index (χ3v) is 3.30. The van der Waals surface area contributed by atoms with Crippen LogP contribution in [0.3, 0.4) is 0 Å². The second-order valence-corrected chi connectivity index (χ2v) is 4.84. The number of anilines is 1. The van der Waals surface area contributed by atoms with Crippen LogP contribution in [0.4, 0.5) is 5.69 Å². The Kier molecular flexibility index (Phi) is 5.24. The Hall–Kier alpha value is -1.75. The summed E-state index contributed by atoms with van der Waals surface area (Å²) < 4.78 is 10.5. The van der Waals surface area contributed by atoms with Crippen molar-refractivity contribution in [3.8, 4) is 11.5 Å². The maximum Gasteiger partial charge on any atom is 0.238 e. The van der Waals surface area contributed by atoms with Crippen LogP contribution in [0, 0.1) is 0 Å². The summed E-state index contributed by atoms with van der Waals surface area (Å²) in [4.78, 5) is 14.2. The van der Waals surface area contributed by atoms with Gasteiger partial charge in [0.2, 0.25) is 12.7 Å². The van der Waals surface area contributed by atoms with Gasteiger partial charge in [0, 0.05) is 11.8 Å². The molecule has 5 heteroatoms. The number of nitrogens with zero attached hydrogens (tertiary/aromatic N) is 1. The van der Waals surface area contributed by atoms with Crippen molar-refractivity contribution in [3.05, 3.63) is 18.2 Å². The first-order valence-corrected chi connectivity index (χ1v) is 7.14. The summed E-state index contributed by atoms with van der Waals surface area (Å²) in [6.45, 7) is 6.73. The van der Waals surface area contributed by atoms with Gasteiger partial charge in [0.15, 0.2) is 11.5 Å². The lowest BCUT2D eigenvalue weighted by atomic mass is 10.2. The molecule has 20 heavy (non-hydrogen) atoms. The number of unbranched alkanes of at least 4 members (excludes halogenated alkanes) is 1. The molecular formula is C15H22N2O3. The lowest BCUT2D eigenvalue weighted by Gasteiger charge is -2.19. The van der Waals surface area contributed by atoms with E-state index in [4.69, 9.17) is 9.47 Å². The third-order valence-electron chi connectivity index (χ3n) is 3.30. The number of ether oxygens (including phenoxy) is 2. The van der Waals surface area contributed by atoms with Gasteiger partial charge in [-0.05, 0) is 31.6 Å². The Morgan fingerprint density at radius 3 is 2.85 bits per heavy atom. The molecule has 0 saturated heterocycles. The summed E-state index contributed by atoms with van der Waals surface area (Å²) in [7, 11) is 0. The Morgan fingerprint density at radius 1 is 1.30 bits per heavy atom. The summed E-state index contributed by atoms with van der Waals surface area (Å²) >= 11 is 0. The SMILES string of the molecule is CCCCN(CC)CC(=O)Nc1ccc2c(c1)OCO2. The third kappa shape index (κ3) is 3.87. The maximum absolute atomic E-state index is 12.0. The van der Waals surface area contributed by atoms with Crippen LogP contribution >= 0.6 is 0 Å². The smallest absolute Gasteiger partial charge is 0.238 e. The van der Waals surface area contributed by atoms with E-state index in [2.05, 4.69) is 24.1 Å². The van der Waals surface area contributed by atoms with Crippen molar-refractivity contribution in [1.29, 1.82) is 0 Å². The van der Waals surface area contributed by atoms with Crippen LogP contribution in [-0.2, 0) is 4.79 Å². The average molecular weight is 278 g/mol. The first-order chi connectivity index (χ1) is 9.72. The normalized spacial score (nSPS) is 12.8. The first kappa shape index (κ1) is 14.7. The molecule has 5 nitrogen and oxygen atoms in total. The summed E-state index contributed by atoms with van der Waals surface area (Å²) in [6.07, 6.45) is 2.26. The van der Waals surface area contributed by atoms with E-state index in [0.29, 0.717) is 12.3 Å². The molecular weight excluding hydrogens is 256 g/mol. The number of rotatable bonds is 7. The number of hydrogen-bond acceptors (Lipinski definition) is 4. The summed E-state index contributed by atoms with van der Waals surface area (Å²) in [5, 5.41) is 2.90. The van der Waals surface area contributed by atoms with E-state index in [1.54, 1.807) is 6.07 Å². The van der Waals surface area contributed by atoms with Crippen molar-refractivity contribution in [3.63, 3.8) is 0 Å². The van der Waals surface area contributed by atoms with Gasteiger partial charge in [-0.3, -0.25) is 9.69 Å². The van der Waals surface area contributed by atoms with Crippen molar-refractivity contribution in [2.24, 2.45) is 0 Å². The fourth-order valence-electron chi connectivity index (χ4n) is 2.11. The Morgan fingerprint density at radius 2 is 2.10 bits per heavy atom. The molecule has 110 valence electrons. The van der Waals surface area contributed by atoms with E-state index in [1.807, 2.05) is 12.1 Å². The summed E-state index contributed by atoms with van der Waals surface area (Å²) in [5.74, 6) is 1.41. The molecule has 0 unspecified atom stereocenters. The fourth-order valence-corrected chi connectivity index (χ4v) is 2.11. The van der Waals surface area contributed by atoms with E-state index in [1.165, 1.54) is 0 Å².